The van der Waals surface area contributed by atoms with E-state index in [1.54, 1.807) is 30.3 Å². The molecular formula is C19H16N6O5S. The summed E-state index contributed by atoms with van der Waals surface area (Å²) < 4.78 is 29.7. The van der Waals surface area contributed by atoms with E-state index in [4.69, 9.17) is 0 Å². The number of sulfonamides is 1. The summed E-state index contributed by atoms with van der Waals surface area (Å²) in [4.78, 5) is 42.0. The lowest BCUT2D eigenvalue weighted by molar-refractivity contribution is -0.136. The van der Waals surface area contributed by atoms with Crippen molar-refractivity contribution in [1.82, 2.24) is 24.8 Å². The summed E-state index contributed by atoms with van der Waals surface area (Å²) in [5.41, 5.74) is 1.37. The second-order valence-electron chi connectivity index (χ2n) is 7.23. The number of imide groups is 1. The van der Waals surface area contributed by atoms with E-state index in [1.807, 2.05) is 0 Å². The number of amides is 3. The van der Waals surface area contributed by atoms with E-state index in [0.29, 0.717) is 16.8 Å². The van der Waals surface area contributed by atoms with Crippen LogP contribution >= 0.6 is 0 Å². The number of carbonyl (C=O) groups is 3. The number of nitrogens with one attached hydrogen (secondary N) is 2. The Kier molecular flexibility index (Phi) is 4.25. The topological polar surface area (TPSA) is 143 Å². The Morgan fingerprint density at radius 3 is 2.77 bits per heavy atom. The van der Waals surface area contributed by atoms with E-state index in [9.17, 15) is 22.8 Å². The van der Waals surface area contributed by atoms with Crippen molar-refractivity contribution in [3.63, 3.8) is 0 Å². The minimum absolute atomic E-state index is 0.0462. The fraction of sp³-hybridized carbons (Fsp3) is 0.211. The number of benzene rings is 1. The Bertz CT molecular complexity index is 1370. The van der Waals surface area contributed by atoms with Crippen molar-refractivity contribution in [3.8, 4) is 0 Å². The lowest BCUT2D eigenvalue weighted by atomic mass is 10.0. The van der Waals surface area contributed by atoms with Crippen LogP contribution in [-0.2, 0) is 26.2 Å². The first kappa shape index (κ1) is 19.2. The summed E-state index contributed by atoms with van der Waals surface area (Å²) in [5, 5.41) is 6.12. The molecule has 2 aliphatic rings. The first-order valence-corrected chi connectivity index (χ1v) is 10.9. The molecule has 4 heterocycles. The quantitative estimate of drug-likeness (QED) is 0.555. The van der Waals surface area contributed by atoms with Crippen molar-refractivity contribution in [2.45, 2.75) is 30.5 Å². The number of nitrogens with zero attached hydrogens (tertiary/aromatic N) is 4. The number of anilines is 1. The summed E-state index contributed by atoms with van der Waals surface area (Å²) in [6.07, 6.45) is 3.01. The van der Waals surface area contributed by atoms with Gasteiger partial charge in [0, 0.05) is 30.3 Å². The average Bonchev–Trinajstić information content (AvgIpc) is 3.31. The van der Waals surface area contributed by atoms with Gasteiger partial charge in [0.1, 0.15) is 6.04 Å². The van der Waals surface area contributed by atoms with Gasteiger partial charge in [-0.15, -0.1) is 0 Å². The summed E-state index contributed by atoms with van der Waals surface area (Å²) in [5.74, 6) is -1.29. The zero-order valence-electron chi connectivity index (χ0n) is 16.0. The van der Waals surface area contributed by atoms with E-state index < -0.39 is 22.0 Å². The van der Waals surface area contributed by atoms with Crippen LogP contribution < -0.4 is 10.0 Å². The van der Waals surface area contributed by atoms with Gasteiger partial charge in [-0.3, -0.25) is 24.4 Å². The van der Waals surface area contributed by atoms with Gasteiger partial charge in [-0.05, 0) is 30.7 Å². The van der Waals surface area contributed by atoms with Crippen molar-refractivity contribution in [1.29, 1.82) is 0 Å². The van der Waals surface area contributed by atoms with E-state index in [2.05, 4.69) is 20.1 Å². The molecule has 0 radical (unpaired) electrons. The third kappa shape index (κ3) is 3.11. The van der Waals surface area contributed by atoms with Gasteiger partial charge in [-0.1, -0.05) is 6.07 Å². The molecule has 2 aliphatic heterocycles. The highest BCUT2D eigenvalue weighted by atomic mass is 32.2. The molecule has 158 valence electrons. The summed E-state index contributed by atoms with van der Waals surface area (Å²) in [7, 11) is -4.06. The maximum atomic E-state index is 13.0. The standard InChI is InChI=1S/C19H16N6O5S/c26-16-7-6-14(18(27)22-16)24-10-12-11(19(24)28)3-1-4-13(12)23-31(29,30)17-9-20-15-5-2-8-21-25(15)17/h1-5,8-9,14,23H,6-7,10H2,(H,22,26,27). The van der Waals surface area contributed by atoms with Crippen molar-refractivity contribution >= 4 is 39.1 Å². The maximum absolute atomic E-state index is 13.0. The van der Waals surface area contributed by atoms with Crippen molar-refractivity contribution in [3.05, 3.63) is 53.9 Å². The van der Waals surface area contributed by atoms with E-state index in [0.717, 1.165) is 0 Å². The number of fused-ring (bicyclic) bond motifs is 2. The van der Waals surface area contributed by atoms with Gasteiger partial charge in [0.25, 0.3) is 15.9 Å². The van der Waals surface area contributed by atoms with Crippen molar-refractivity contribution < 1.29 is 22.8 Å². The molecule has 5 rings (SSSR count). The van der Waals surface area contributed by atoms with Crippen molar-refractivity contribution in [2.75, 3.05) is 4.72 Å². The molecule has 3 aromatic rings. The minimum atomic E-state index is -4.06. The predicted octanol–water partition coefficient (Wildman–Crippen LogP) is 0.291. The fourth-order valence-electron chi connectivity index (χ4n) is 3.87. The Balaban J connectivity index is 1.47. The molecule has 0 bridgehead atoms. The van der Waals surface area contributed by atoms with Crippen LogP contribution in [0, 0.1) is 0 Å². The molecule has 31 heavy (non-hydrogen) atoms. The number of piperidine rings is 1. The maximum Gasteiger partial charge on any atom is 0.281 e. The molecule has 0 spiro atoms. The Morgan fingerprint density at radius 2 is 1.97 bits per heavy atom. The zero-order valence-corrected chi connectivity index (χ0v) is 16.8. The number of rotatable bonds is 4. The molecule has 0 aliphatic carbocycles. The molecule has 11 nitrogen and oxygen atoms in total. The first-order chi connectivity index (χ1) is 14.8. The van der Waals surface area contributed by atoms with Crippen LogP contribution in [0.25, 0.3) is 5.65 Å². The summed E-state index contributed by atoms with van der Waals surface area (Å²) in [6.45, 7) is 0.0462. The van der Waals surface area contributed by atoms with Crippen LogP contribution in [0.15, 0.2) is 47.8 Å². The number of imidazole rings is 1. The van der Waals surface area contributed by atoms with Crippen LogP contribution in [0.5, 0.6) is 0 Å². The molecule has 1 aromatic carbocycles. The molecule has 3 amide bonds. The molecule has 1 fully saturated rings. The van der Waals surface area contributed by atoms with Gasteiger partial charge >= 0.3 is 0 Å². The monoisotopic (exact) mass is 440 g/mol. The van der Waals surface area contributed by atoms with E-state index in [1.165, 1.54) is 21.8 Å². The largest absolute Gasteiger partial charge is 0.322 e. The zero-order chi connectivity index (χ0) is 21.8. The van der Waals surface area contributed by atoms with Crippen LogP contribution in [0.4, 0.5) is 5.69 Å². The molecule has 2 aromatic heterocycles. The van der Waals surface area contributed by atoms with E-state index >= 15 is 0 Å². The van der Waals surface area contributed by atoms with Crippen molar-refractivity contribution in [2.24, 2.45) is 0 Å². The first-order valence-electron chi connectivity index (χ1n) is 9.43. The van der Waals surface area contributed by atoms with Gasteiger partial charge < -0.3 is 4.90 Å². The van der Waals surface area contributed by atoms with Gasteiger partial charge in [-0.25, -0.2) is 9.50 Å². The van der Waals surface area contributed by atoms with Gasteiger partial charge in [-0.2, -0.15) is 13.5 Å². The van der Waals surface area contributed by atoms with Crippen LogP contribution in [0.2, 0.25) is 0 Å². The van der Waals surface area contributed by atoms with Gasteiger partial charge in [0.05, 0.1) is 11.9 Å². The summed E-state index contributed by atoms with van der Waals surface area (Å²) >= 11 is 0. The number of aromatic nitrogens is 3. The SMILES string of the molecule is O=C1CCC(N2Cc3c(NS(=O)(=O)c4cnc5cccnn45)cccc3C2=O)C(=O)N1. The number of carbonyl (C=O) groups excluding carboxylic acids is 3. The second kappa shape index (κ2) is 6.87. The number of hydrogen-bond donors (Lipinski definition) is 2. The molecule has 1 atom stereocenters. The smallest absolute Gasteiger partial charge is 0.281 e. The molecule has 12 heteroatoms. The molecule has 0 saturated carbocycles. The highest BCUT2D eigenvalue weighted by Crippen LogP contribution is 2.33. The molecule has 2 N–H and O–H groups in total. The van der Waals surface area contributed by atoms with E-state index in [-0.39, 0.29) is 41.9 Å². The third-order valence-corrected chi connectivity index (χ3v) is 6.67. The molecule has 1 saturated heterocycles. The minimum Gasteiger partial charge on any atom is -0.322 e. The highest BCUT2D eigenvalue weighted by molar-refractivity contribution is 7.92. The average molecular weight is 440 g/mol. The Labute approximate surface area is 176 Å². The lowest BCUT2D eigenvalue weighted by Crippen LogP contribution is -2.52. The van der Waals surface area contributed by atoms with Gasteiger partial charge in [0.2, 0.25) is 11.8 Å². The fourth-order valence-corrected chi connectivity index (χ4v) is 5.01. The lowest BCUT2D eigenvalue weighted by Gasteiger charge is -2.29. The van der Waals surface area contributed by atoms with Crippen LogP contribution in [0.3, 0.4) is 0 Å². The molecular weight excluding hydrogens is 424 g/mol. The second-order valence-corrected chi connectivity index (χ2v) is 8.86. The Hall–Kier alpha value is -3.80. The summed E-state index contributed by atoms with van der Waals surface area (Å²) in [6, 6.07) is 7.18. The van der Waals surface area contributed by atoms with Crippen LogP contribution in [-0.4, -0.2) is 51.7 Å². The highest BCUT2D eigenvalue weighted by Gasteiger charge is 2.40. The normalized spacial score (nSPS) is 18.9. The third-order valence-electron chi connectivity index (χ3n) is 5.35. The van der Waals surface area contributed by atoms with Gasteiger partial charge in [0.15, 0.2) is 10.7 Å². The van der Waals surface area contributed by atoms with Crippen LogP contribution in [0.1, 0.15) is 28.8 Å². The Morgan fingerprint density at radius 1 is 1.13 bits per heavy atom. The number of hydrogen-bond acceptors (Lipinski definition) is 7. The predicted molar refractivity (Wildman–Crippen MR) is 106 cm³/mol. The molecule has 1 unspecified atom stereocenters.